The predicted molar refractivity (Wildman–Crippen MR) is 86.5 cm³/mol. The Morgan fingerprint density at radius 2 is 1.85 bits per heavy atom. The SMILES string of the molecule is COc1ccc(-c2nnc([C@@H](C)OC(=O)c3ccc(F)cc3F)o2)cc1. The average Bonchev–Trinajstić information content (AvgIpc) is 3.12. The Kier molecular flexibility index (Phi) is 4.92. The molecule has 0 aliphatic rings. The summed E-state index contributed by atoms with van der Waals surface area (Å²) in [4.78, 5) is 12.0. The van der Waals surface area contributed by atoms with Gasteiger partial charge in [0.2, 0.25) is 5.89 Å². The lowest BCUT2D eigenvalue weighted by Gasteiger charge is -2.09. The fraction of sp³-hybridized carbons (Fsp3) is 0.167. The topological polar surface area (TPSA) is 74.5 Å². The van der Waals surface area contributed by atoms with Crippen molar-refractivity contribution in [3.05, 3.63) is 65.6 Å². The van der Waals surface area contributed by atoms with Gasteiger partial charge in [-0.25, -0.2) is 13.6 Å². The van der Waals surface area contributed by atoms with Crippen LogP contribution in [0.4, 0.5) is 8.78 Å². The van der Waals surface area contributed by atoms with Crippen LogP contribution < -0.4 is 4.74 Å². The molecule has 0 fully saturated rings. The van der Waals surface area contributed by atoms with E-state index in [0.29, 0.717) is 17.4 Å². The van der Waals surface area contributed by atoms with Crippen LogP contribution in [0, 0.1) is 11.6 Å². The van der Waals surface area contributed by atoms with Gasteiger partial charge in [-0.1, -0.05) is 0 Å². The van der Waals surface area contributed by atoms with Gasteiger partial charge in [-0.3, -0.25) is 0 Å². The highest BCUT2D eigenvalue weighted by atomic mass is 19.1. The molecule has 134 valence electrons. The molecule has 0 aliphatic heterocycles. The number of carbonyl (C=O) groups is 1. The summed E-state index contributed by atoms with van der Waals surface area (Å²) >= 11 is 0. The molecule has 0 radical (unpaired) electrons. The number of hydrogen-bond acceptors (Lipinski definition) is 6. The first-order valence-corrected chi connectivity index (χ1v) is 7.62. The molecule has 0 unspecified atom stereocenters. The Labute approximate surface area is 147 Å². The summed E-state index contributed by atoms with van der Waals surface area (Å²) in [7, 11) is 1.56. The summed E-state index contributed by atoms with van der Waals surface area (Å²) in [6.07, 6.45) is -0.911. The van der Waals surface area contributed by atoms with Crippen molar-refractivity contribution in [2.75, 3.05) is 7.11 Å². The van der Waals surface area contributed by atoms with Crippen LogP contribution in [0.25, 0.3) is 11.5 Å². The van der Waals surface area contributed by atoms with Gasteiger partial charge in [0.25, 0.3) is 5.89 Å². The zero-order valence-electron chi connectivity index (χ0n) is 13.9. The van der Waals surface area contributed by atoms with E-state index in [9.17, 15) is 13.6 Å². The number of methoxy groups -OCH3 is 1. The monoisotopic (exact) mass is 360 g/mol. The van der Waals surface area contributed by atoms with Crippen molar-refractivity contribution in [3.63, 3.8) is 0 Å². The molecular formula is C18H14F2N2O4. The Hall–Kier alpha value is -3.29. The van der Waals surface area contributed by atoms with Crippen molar-refractivity contribution >= 4 is 5.97 Å². The quantitative estimate of drug-likeness (QED) is 0.642. The molecule has 0 N–H and O–H groups in total. The van der Waals surface area contributed by atoms with E-state index in [1.807, 2.05) is 0 Å². The molecule has 3 aromatic rings. The van der Waals surface area contributed by atoms with Gasteiger partial charge in [0.15, 0.2) is 6.10 Å². The van der Waals surface area contributed by atoms with Crippen molar-refractivity contribution in [1.82, 2.24) is 10.2 Å². The Morgan fingerprint density at radius 3 is 2.50 bits per heavy atom. The van der Waals surface area contributed by atoms with E-state index in [2.05, 4.69) is 10.2 Å². The van der Waals surface area contributed by atoms with E-state index in [1.165, 1.54) is 6.92 Å². The molecule has 1 aromatic heterocycles. The van der Waals surface area contributed by atoms with Crippen LogP contribution in [-0.2, 0) is 4.74 Å². The van der Waals surface area contributed by atoms with Crippen LogP contribution in [0.15, 0.2) is 46.9 Å². The van der Waals surface area contributed by atoms with Crippen molar-refractivity contribution in [2.24, 2.45) is 0 Å². The summed E-state index contributed by atoms with van der Waals surface area (Å²) < 4.78 is 42.2. The Bertz CT molecular complexity index is 925. The van der Waals surface area contributed by atoms with Gasteiger partial charge in [-0.15, -0.1) is 10.2 Å². The minimum absolute atomic E-state index is 0.0479. The number of benzene rings is 2. The first-order valence-electron chi connectivity index (χ1n) is 7.62. The third-order valence-electron chi connectivity index (χ3n) is 3.56. The van der Waals surface area contributed by atoms with Gasteiger partial charge in [0, 0.05) is 11.6 Å². The molecule has 2 aromatic carbocycles. The summed E-state index contributed by atoms with van der Waals surface area (Å²) in [6.45, 7) is 1.50. The summed E-state index contributed by atoms with van der Waals surface area (Å²) in [6, 6.07) is 9.53. The van der Waals surface area contributed by atoms with Gasteiger partial charge in [0.05, 0.1) is 12.7 Å². The molecule has 0 aliphatic carbocycles. The molecular weight excluding hydrogens is 346 g/mol. The second kappa shape index (κ2) is 7.30. The Morgan fingerprint density at radius 1 is 1.12 bits per heavy atom. The van der Waals surface area contributed by atoms with Crippen LogP contribution in [0.5, 0.6) is 5.75 Å². The Balaban J connectivity index is 1.73. The minimum Gasteiger partial charge on any atom is -0.497 e. The van der Waals surface area contributed by atoms with Crippen molar-refractivity contribution in [1.29, 1.82) is 0 Å². The van der Waals surface area contributed by atoms with E-state index in [0.717, 1.165) is 12.1 Å². The van der Waals surface area contributed by atoms with Gasteiger partial charge in [0.1, 0.15) is 17.4 Å². The minimum atomic E-state index is -1.01. The summed E-state index contributed by atoms with van der Waals surface area (Å²) in [5.41, 5.74) is 0.279. The first-order chi connectivity index (χ1) is 12.5. The van der Waals surface area contributed by atoms with Crippen LogP contribution in [0.1, 0.15) is 29.3 Å². The fourth-order valence-electron chi connectivity index (χ4n) is 2.18. The van der Waals surface area contributed by atoms with Crippen molar-refractivity contribution < 1.29 is 27.5 Å². The maximum atomic E-state index is 13.6. The molecule has 0 amide bonds. The molecule has 3 rings (SSSR count). The number of esters is 1. The molecule has 0 spiro atoms. The molecule has 1 atom stereocenters. The fourth-order valence-corrected chi connectivity index (χ4v) is 2.18. The third kappa shape index (κ3) is 3.69. The van der Waals surface area contributed by atoms with Crippen LogP contribution in [-0.4, -0.2) is 23.3 Å². The number of rotatable bonds is 5. The second-order valence-electron chi connectivity index (χ2n) is 5.35. The van der Waals surface area contributed by atoms with E-state index >= 15 is 0 Å². The number of nitrogens with zero attached hydrogens (tertiary/aromatic N) is 2. The number of ether oxygens (including phenoxy) is 2. The largest absolute Gasteiger partial charge is 0.497 e. The van der Waals surface area contributed by atoms with Crippen LogP contribution in [0.2, 0.25) is 0 Å². The number of aromatic nitrogens is 2. The molecule has 0 saturated carbocycles. The molecule has 0 saturated heterocycles. The highest BCUT2D eigenvalue weighted by molar-refractivity contribution is 5.89. The number of carbonyl (C=O) groups excluding carboxylic acids is 1. The van der Waals surface area contributed by atoms with Gasteiger partial charge in [-0.05, 0) is 43.3 Å². The molecule has 8 heteroatoms. The predicted octanol–water partition coefficient (Wildman–Crippen LogP) is 3.94. The lowest BCUT2D eigenvalue weighted by molar-refractivity contribution is 0.0274. The normalized spacial score (nSPS) is 11.8. The van der Waals surface area contributed by atoms with E-state index in [-0.39, 0.29) is 17.3 Å². The molecule has 6 nitrogen and oxygen atoms in total. The number of hydrogen-bond donors (Lipinski definition) is 0. The van der Waals surface area contributed by atoms with E-state index in [1.54, 1.807) is 31.4 Å². The van der Waals surface area contributed by atoms with Gasteiger partial charge in [-0.2, -0.15) is 0 Å². The van der Waals surface area contributed by atoms with E-state index in [4.69, 9.17) is 13.9 Å². The lowest BCUT2D eigenvalue weighted by Crippen LogP contribution is -2.11. The smallest absolute Gasteiger partial charge is 0.341 e. The van der Waals surface area contributed by atoms with Crippen LogP contribution >= 0.6 is 0 Å². The lowest BCUT2D eigenvalue weighted by atomic mass is 10.2. The van der Waals surface area contributed by atoms with Crippen LogP contribution in [0.3, 0.4) is 0 Å². The zero-order chi connectivity index (χ0) is 18.7. The standard InChI is InChI=1S/C18H14F2N2O4/c1-10(25-18(23)14-8-5-12(19)9-15(14)20)16-21-22-17(26-16)11-3-6-13(24-2)7-4-11/h3-10H,1-2H3/t10-/m1/s1. The second-order valence-corrected chi connectivity index (χ2v) is 5.35. The number of halogens is 2. The third-order valence-corrected chi connectivity index (χ3v) is 3.56. The van der Waals surface area contributed by atoms with Crippen molar-refractivity contribution in [3.8, 4) is 17.2 Å². The maximum absolute atomic E-state index is 13.6. The van der Waals surface area contributed by atoms with E-state index < -0.39 is 23.7 Å². The first kappa shape index (κ1) is 17.5. The molecule has 26 heavy (non-hydrogen) atoms. The summed E-state index contributed by atoms with van der Waals surface area (Å²) in [5, 5.41) is 7.74. The summed E-state index contributed by atoms with van der Waals surface area (Å²) in [5.74, 6) is -1.79. The van der Waals surface area contributed by atoms with Gasteiger partial charge < -0.3 is 13.9 Å². The van der Waals surface area contributed by atoms with Crippen molar-refractivity contribution in [2.45, 2.75) is 13.0 Å². The highest BCUT2D eigenvalue weighted by Crippen LogP contribution is 2.25. The molecule has 0 bridgehead atoms. The molecule has 1 heterocycles. The van der Waals surface area contributed by atoms with Gasteiger partial charge >= 0.3 is 5.97 Å². The average molecular weight is 360 g/mol. The maximum Gasteiger partial charge on any atom is 0.341 e. The zero-order valence-corrected chi connectivity index (χ0v) is 13.9. The highest BCUT2D eigenvalue weighted by Gasteiger charge is 2.22.